The van der Waals surface area contributed by atoms with Crippen LogP contribution >= 0.6 is 0 Å². The minimum Gasteiger partial charge on any atom is -0.480 e. The van der Waals surface area contributed by atoms with E-state index in [1.54, 1.807) is 6.92 Å². The topological polar surface area (TPSA) is 69.6 Å². The summed E-state index contributed by atoms with van der Waals surface area (Å²) in [5, 5.41) is 12.6. The summed E-state index contributed by atoms with van der Waals surface area (Å²) in [4.78, 5) is 13.7. The van der Waals surface area contributed by atoms with E-state index in [0.29, 0.717) is 17.9 Å². The van der Waals surface area contributed by atoms with Gasteiger partial charge in [-0.15, -0.1) is 0 Å². The molecule has 6 heteroatoms. The van der Waals surface area contributed by atoms with Crippen molar-refractivity contribution < 1.29 is 14.1 Å². The van der Waals surface area contributed by atoms with Crippen LogP contribution in [0.3, 0.4) is 0 Å². The van der Waals surface area contributed by atoms with Gasteiger partial charge in [0.15, 0.2) is 0 Å². The van der Waals surface area contributed by atoms with E-state index >= 15 is 0 Å². The smallest absolute Gasteiger partial charge is 0.323 e. The summed E-state index contributed by atoms with van der Waals surface area (Å²) in [6.07, 6.45) is 0.549. The lowest BCUT2D eigenvalue weighted by molar-refractivity contribution is -0.145. The number of aliphatic carboxylic acids is 1. The average molecular weight is 290 g/mol. The molecule has 0 radical (unpaired) electrons. The van der Waals surface area contributed by atoms with Crippen molar-refractivity contribution in [1.82, 2.24) is 10.2 Å². The third-order valence-corrected chi connectivity index (χ3v) is 4.89. The highest BCUT2D eigenvalue weighted by Crippen LogP contribution is 2.19. The van der Waals surface area contributed by atoms with Crippen molar-refractivity contribution in [2.75, 3.05) is 24.6 Å². The van der Waals surface area contributed by atoms with Crippen LogP contribution in [0.25, 0.3) is 0 Å². The first-order valence-corrected chi connectivity index (χ1v) is 8.33. The quantitative estimate of drug-likeness (QED) is 0.752. The molecule has 1 aliphatic rings. The molecule has 0 bridgehead atoms. The molecule has 0 spiro atoms. The molecule has 2 N–H and O–H groups in total. The molecule has 1 saturated heterocycles. The maximum atomic E-state index is 11.5. The maximum absolute atomic E-state index is 11.5. The fourth-order valence-electron chi connectivity index (χ4n) is 2.66. The highest BCUT2D eigenvalue weighted by atomic mass is 32.2. The molecule has 1 rings (SSSR count). The van der Waals surface area contributed by atoms with Crippen LogP contribution in [-0.2, 0) is 15.6 Å². The van der Waals surface area contributed by atoms with Crippen molar-refractivity contribution in [2.45, 2.75) is 51.7 Å². The minimum atomic E-state index is -0.913. The van der Waals surface area contributed by atoms with Crippen molar-refractivity contribution >= 4 is 16.8 Å². The largest absolute Gasteiger partial charge is 0.480 e. The summed E-state index contributed by atoms with van der Waals surface area (Å²) in [6.45, 7) is 9.30. The Balaban J connectivity index is 2.63. The number of rotatable bonds is 6. The first kappa shape index (κ1) is 16.6. The molecule has 2 unspecified atom stereocenters. The number of nitrogens with one attached hydrogen (secondary N) is 1. The Bertz CT molecular complexity index is 339. The first-order chi connectivity index (χ1) is 8.74. The van der Waals surface area contributed by atoms with Crippen molar-refractivity contribution in [3.05, 3.63) is 0 Å². The Morgan fingerprint density at radius 1 is 1.37 bits per heavy atom. The molecular weight excluding hydrogens is 264 g/mol. The molecule has 0 aromatic carbocycles. The van der Waals surface area contributed by atoms with Gasteiger partial charge in [0.2, 0.25) is 0 Å². The number of hydrogen-bond acceptors (Lipinski definition) is 4. The molecule has 0 aliphatic carbocycles. The van der Waals surface area contributed by atoms with Gasteiger partial charge in [-0.3, -0.25) is 19.2 Å². The summed E-state index contributed by atoms with van der Waals surface area (Å²) < 4.78 is 11.3. The highest BCUT2D eigenvalue weighted by Gasteiger charge is 2.36. The van der Waals surface area contributed by atoms with E-state index in [0.717, 1.165) is 13.1 Å². The van der Waals surface area contributed by atoms with Gasteiger partial charge in [-0.05, 0) is 34.1 Å². The number of carboxylic acid groups (broad SMARTS) is 1. The fraction of sp³-hybridized carbons (Fsp3) is 0.923. The molecule has 1 fully saturated rings. The molecule has 0 aromatic rings. The third-order valence-electron chi connectivity index (χ3n) is 3.62. The Kier molecular flexibility index (Phi) is 5.95. The fourth-order valence-corrected chi connectivity index (χ4v) is 3.74. The molecular formula is C13H26N2O3S. The van der Waals surface area contributed by atoms with Crippen molar-refractivity contribution in [2.24, 2.45) is 0 Å². The van der Waals surface area contributed by atoms with E-state index in [4.69, 9.17) is 0 Å². The van der Waals surface area contributed by atoms with Crippen molar-refractivity contribution in [3.8, 4) is 0 Å². The number of carboxylic acids is 1. The van der Waals surface area contributed by atoms with Gasteiger partial charge in [-0.1, -0.05) is 0 Å². The van der Waals surface area contributed by atoms with Gasteiger partial charge in [-0.25, -0.2) is 0 Å². The van der Waals surface area contributed by atoms with Crippen molar-refractivity contribution in [1.29, 1.82) is 0 Å². The lowest BCUT2D eigenvalue weighted by Gasteiger charge is -2.37. The standard InChI is InChI=1S/C13H26N2O3S/c1-10(2)14-13(4,12(16)17)9-11(3)15-5-7-19(18)8-6-15/h10-11,14H,5-9H2,1-4H3,(H,16,17). The van der Waals surface area contributed by atoms with Crippen LogP contribution in [0.15, 0.2) is 0 Å². The summed E-state index contributed by atoms with van der Waals surface area (Å²) in [6, 6.07) is 0.298. The molecule has 19 heavy (non-hydrogen) atoms. The summed E-state index contributed by atoms with van der Waals surface area (Å²) in [5.74, 6) is 0.589. The van der Waals surface area contributed by atoms with E-state index in [9.17, 15) is 14.1 Å². The van der Waals surface area contributed by atoms with Gasteiger partial charge >= 0.3 is 5.97 Å². The molecule has 1 heterocycles. The predicted molar refractivity (Wildman–Crippen MR) is 77.8 cm³/mol. The van der Waals surface area contributed by atoms with Gasteiger partial charge in [0.05, 0.1) is 0 Å². The van der Waals surface area contributed by atoms with E-state index in [1.165, 1.54) is 0 Å². The minimum absolute atomic E-state index is 0.127. The monoisotopic (exact) mass is 290 g/mol. The summed E-state index contributed by atoms with van der Waals surface area (Å²) in [7, 11) is -0.692. The van der Waals surface area contributed by atoms with Crippen LogP contribution in [0.4, 0.5) is 0 Å². The van der Waals surface area contributed by atoms with Crippen LogP contribution in [-0.4, -0.2) is 62.4 Å². The van der Waals surface area contributed by atoms with Gasteiger partial charge in [-0.2, -0.15) is 0 Å². The Labute approximate surface area is 118 Å². The summed E-state index contributed by atoms with van der Waals surface area (Å²) >= 11 is 0. The molecule has 5 nitrogen and oxygen atoms in total. The lowest BCUT2D eigenvalue weighted by Crippen LogP contribution is -2.56. The van der Waals surface area contributed by atoms with E-state index in [1.807, 2.05) is 13.8 Å². The second kappa shape index (κ2) is 6.81. The molecule has 0 amide bonds. The van der Waals surface area contributed by atoms with Crippen LogP contribution in [0, 0.1) is 0 Å². The first-order valence-electron chi connectivity index (χ1n) is 6.84. The lowest BCUT2D eigenvalue weighted by atomic mass is 9.92. The van der Waals surface area contributed by atoms with E-state index in [2.05, 4.69) is 17.1 Å². The molecule has 0 saturated carbocycles. The zero-order chi connectivity index (χ0) is 14.6. The Morgan fingerprint density at radius 3 is 2.32 bits per heavy atom. The van der Waals surface area contributed by atoms with Gasteiger partial charge < -0.3 is 5.11 Å². The van der Waals surface area contributed by atoms with Crippen LogP contribution in [0.1, 0.15) is 34.1 Å². The van der Waals surface area contributed by atoms with E-state index < -0.39 is 22.3 Å². The van der Waals surface area contributed by atoms with Crippen LogP contribution < -0.4 is 5.32 Å². The van der Waals surface area contributed by atoms with Crippen molar-refractivity contribution in [3.63, 3.8) is 0 Å². The van der Waals surface area contributed by atoms with Gasteiger partial charge in [0.1, 0.15) is 5.54 Å². The molecule has 2 atom stereocenters. The van der Waals surface area contributed by atoms with Gasteiger partial charge in [0.25, 0.3) is 0 Å². The molecule has 112 valence electrons. The summed E-state index contributed by atoms with van der Waals surface area (Å²) in [5.41, 5.74) is -0.913. The van der Waals surface area contributed by atoms with Crippen LogP contribution in [0.5, 0.6) is 0 Å². The normalized spacial score (nSPS) is 23.2. The second-order valence-electron chi connectivity index (χ2n) is 5.87. The van der Waals surface area contributed by atoms with Gasteiger partial charge in [0, 0.05) is 47.5 Å². The maximum Gasteiger partial charge on any atom is 0.323 e. The Hall–Kier alpha value is -0.460. The van der Waals surface area contributed by atoms with E-state index in [-0.39, 0.29) is 12.1 Å². The number of hydrogen-bond donors (Lipinski definition) is 2. The number of nitrogens with zero attached hydrogens (tertiary/aromatic N) is 1. The highest BCUT2D eigenvalue weighted by molar-refractivity contribution is 7.85. The SMILES string of the molecule is CC(C)NC(C)(CC(C)N1CCS(=O)CC1)C(=O)O. The molecule has 1 aliphatic heterocycles. The molecule has 0 aromatic heterocycles. The average Bonchev–Trinajstić information content (AvgIpc) is 2.28. The second-order valence-corrected chi connectivity index (χ2v) is 7.57. The van der Waals surface area contributed by atoms with Crippen LogP contribution in [0.2, 0.25) is 0 Å². The number of carbonyl (C=O) groups is 1. The zero-order valence-electron chi connectivity index (χ0n) is 12.3. The third kappa shape index (κ3) is 4.85. The zero-order valence-corrected chi connectivity index (χ0v) is 13.1. The Morgan fingerprint density at radius 2 is 1.89 bits per heavy atom. The predicted octanol–water partition coefficient (Wildman–Crippen LogP) is 0.671.